The second kappa shape index (κ2) is 45.7. The average Bonchev–Trinajstić information content (AvgIpc) is 3.20. The fourth-order valence-corrected chi connectivity index (χ4v) is 6.82. The van der Waals surface area contributed by atoms with E-state index in [0.717, 1.165) is 23.7 Å². The zero-order valence-corrected chi connectivity index (χ0v) is 52.5. The van der Waals surface area contributed by atoms with Gasteiger partial charge in [0.2, 0.25) is 0 Å². The van der Waals surface area contributed by atoms with E-state index in [9.17, 15) is 0 Å². The van der Waals surface area contributed by atoms with Crippen LogP contribution in [0.15, 0.2) is 142 Å². The zero-order chi connectivity index (χ0) is 45.4. The molecule has 0 amide bonds. The van der Waals surface area contributed by atoms with Crippen LogP contribution in [0.5, 0.6) is 0 Å². The van der Waals surface area contributed by atoms with Gasteiger partial charge >= 0.3 is 39.0 Å². The maximum atomic E-state index is 2.38. The molecular weight excluding hydrogens is 995 g/mol. The number of hydrogen-bond donors (Lipinski definition) is 0. The first-order valence-corrected chi connectivity index (χ1v) is 23.7. The quantitative estimate of drug-likeness (QED) is 0.154. The second-order valence-corrected chi connectivity index (χ2v) is 19.7. The van der Waals surface area contributed by atoms with Gasteiger partial charge in [-0.3, -0.25) is 0 Å². The van der Waals surface area contributed by atoms with Crippen molar-refractivity contribution in [2.24, 2.45) is 23.7 Å². The second-order valence-electron chi connectivity index (χ2n) is 19.7. The summed E-state index contributed by atoms with van der Waals surface area (Å²) in [7, 11) is 0. The van der Waals surface area contributed by atoms with E-state index in [-0.39, 0.29) is 83.5 Å². The van der Waals surface area contributed by atoms with Gasteiger partial charge in [-0.05, 0) is 140 Å². The Bertz CT molecular complexity index is 1640. The molecule has 0 N–H and O–H groups in total. The first kappa shape index (κ1) is 82.5. The molecule has 2 aromatic carbocycles. The topological polar surface area (TPSA) is 0 Å². The summed E-state index contributed by atoms with van der Waals surface area (Å²) in [6.45, 7) is 40.0. The van der Waals surface area contributed by atoms with Crippen molar-refractivity contribution in [2.45, 2.75) is 188 Å². The van der Waals surface area contributed by atoms with Crippen molar-refractivity contribution in [2.75, 3.05) is 0 Å². The predicted octanol–water partition coefficient (Wildman–Crippen LogP) is 22.2. The van der Waals surface area contributed by atoms with Crippen LogP contribution in [0.1, 0.15) is 196 Å². The largest absolute Gasteiger partial charge is 4.00 e. The molecule has 0 bridgehead atoms. The molecule has 0 unspecified atom stereocenters. The van der Waals surface area contributed by atoms with Crippen molar-refractivity contribution in [1.29, 1.82) is 0 Å². The van der Waals surface area contributed by atoms with E-state index in [1.54, 1.807) is 22.3 Å². The first-order chi connectivity index (χ1) is 28.2. The summed E-state index contributed by atoms with van der Waals surface area (Å²) in [5, 5.41) is 0. The van der Waals surface area contributed by atoms with Crippen LogP contribution in [0, 0.1) is 82.1 Å². The Morgan fingerprint density at radius 2 is 0.559 bits per heavy atom. The summed E-state index contributed by atoms with van der Waals surface area (Å²) in [6, 6.07) is 17.4. The van der Waals surface area contributed by atoms with Crippen molar-refractivity contribution in [3.8, 4) is 0 Å². The van der Waals surface area contributed by atoms with Gasteiger partial charge in [0.15, 0.2) is 0 Å². The predicted molar refractivity (Wildman–Crippen MR) is 313 cm³/mol. The van der Waals surface area contributed by atoms with E-state index >= 15 is 0 Å². The van der Waals surface area contributed by atoms with E-state index in [4.69, 9.17) is 0 Å². The van der Waals surface area contributed by atoms with Crippen LogP contribution in [0.25, 0.3) is 0 Å². The van der Waals surface area contributed by atoms with Crippen molar-refractivity contribution in [3.05, 3.63) is 209 Å². The van der Waals surface area contributed by atoms with E-state index in [0.29, 0.717) is 11.8 Å². The molecule has 0 aromatic heterocycles. The fourth-order valence-electron chi connectivity index (χ4n) is 6.82. The fraction of sp³-hybridized carbons (Fsp3) is 0.485. The summed E-state index contributed by atoms with van der Waals surface area (Å²) in [5.74, 6) is 4.27. The summed E-state index contributed by atoms with van der Waals surface area (Å²) >= 11 is 0. The van der Waals surface area contributed by atoms with Crippen LogP contribution >= 0.6 is 0 Å². The van der Waals surface area contributed by atoms with E-state index < -0.39 is 0 Å². The molecule has 390 valence electrons. The van der Waals surface area contributed by atoms with Gasteiger partial charge < -0.3 is 44.6 Å². The van der Waals surface area contributed by atoms with Gasteiger partial charge in [-0.1, -0.05) is 236 Å². The molecule has 2 aromatic rings. The third-order valence-electron chi connectivity index (χ3n) is 12.0. The molecule has 68 heavy (non-hydrogen) atoms. The molecule has 0 aliphatic heterocycles. The van der Waals surface area contributed by atoms with Crippen molar-refractivity contribution in [3.63, 3.8) is 0 Å². The van der Waals surface area contributed by atoms with Crippen molar-refractivity contribution in [1.82, 2.24) is 0 Å². The van der Waals surface area contributed by atoms with Crippen LogP contribution in [0.4, 0.5) is 0 Å². The maximum Gasteiger partial charge on any atom is 4.00 e. The van der Waals surface area contributed by atoms with Crippen LogP contribution in [0.3, 0.4) is 0 Å². The molecule has 4 aliphatic carbocycles. The van der Waals surface area contributed by atoms with Gasteiger partial charge in [-0.2, -0.15) is 0 Å². The summed E-state index contributed by atoms with van der Waals surface area (Å²) in [4.78, 5) is 0. The Balaban J connectivity index is -0.000000103. The number of hydrogen-bond acceptors (Lipinski definition) is 0. The molecule has 0 fully saturated rings. The smallest absolute Gasteiger partial charge is 0.358 e. The van der Waals surface area contributed by atoms with Crippen LogP contribution < -0.4 is 0 Å². The number of aryl methyl sites for hydroxylation is 2. The number of benzene rings is 2. The first-order valence-electron chi connectivity index (χ1n) is 23.7. The maximum absolute atomic E-state index is 2.38. The Morgan fingerprint density at radius 3 is 0.735 bits per heavy atom. The van der Waals surface area contributed by atoms with E-state index in [1.165, 1.54) is 95.9 Å². The standard InChI is InChI=1S/4C10H16.2C10H14.6CH3.2Ru/c6*1-8(2)10-6-4-9(3)5-7-10;;;;;;;;/h2*4,7-8H,5-6H2,1-3H3;2*4,6,8H,5,7H2,1-3H3;2*4-8H,1-3H3;6*1H3;;/q;;;;;;6*-1;+2;+4. The average molecular weight is 1110 g/mol. The Hall–Kier alpha value is -2.39. The number of allylic oxidation sites excluding steroid dienone is 16. The molecular formula is C66H110Ru2. The summed E-state index contributed by atoms with van der Waals surface area (Å²) < 4.78 is 0. The van der Waals surface area contributed by atoms with Crippen molar-refractivity contribution >= 4 is 0 Å². The van der Waals surface area contributed by atoms with Gasteiger partial charge in [-0.25, -0.2) is 0 Å². The summed E-state index contributed by atoms with van der Waals surface area (Å²) in [5.41, 5.74) is 18.0. The molecule has 0 spiro atoms. The minimum absolute atomic E-state index is 0. The minimum atomic E-state index is 0. The monoisotopic (exact) mass is 1110 g/mol. The van der Waals surface area contributed by atoms with Gasteiger partial charge in [0.05, 0.1) is 0 Å². The Morgan fingerprint density at radius 1 is 0.294 bits per heavy atom. The van der Waals surface area contributed by atoms with Crippen LogP contribution in [-0.4, -0.2) is 0 Å². The molecule has 0 saturated carbocycles. The molecule has 0 heterocycles. The van der Waals surface area contributed by atoms with Gasteiger partial charge in [-0.15, -0.1) is 0 Å². The third kappa shape index (κ3) is 37.4. The normalized spacial score (nSPS) is 14.1. The molecule has 2 heteroatoms. The molecule has 4 aliphatic rings. The summed E-state index contributed by atoms with van der Waals surface area (Å²) in [6.07, 6.45) is 28.3. The molecule has 0 radical (unpaired) electrons. The van der Waals surface area contributed by atoms with Gasteiger partial charge in [0.1, 0.15) is 0 Å². The van der Waals surface area contributed by atoms with Gasteiger partial charge in [0.25, 0.3) is 0 Å². The zero-order valence-electron chi connectivity index (χ0n) is 49.1. The Labute approximate surface area is 455 Å². The number of rotatable bonds is 6. The van der Waals surface area contributed by atoms with E-state index in [1.807, 2.05) is 0 Å². The van der Waals surface area contributed by atoms with Crippen molar-refractivity contribution < 1.29 is 39.0 Å². The van der Waals surface area contributed by atoms with Crippen LogP contribution in [-0.2, 0) is 39.0 Å². The molecule has 0 saturated heterocycles. The van der Waals surface area contributed by atoms with Crippen LogP contribution in [0.2, 0.25) is 0 Å². The van der Waals surface area contributed by atoms with Gasteiger partial charge in [0, 0.05) is 0 Å². The minimum Gasteiger partial charge on any atom is -0.358 e. The SMILES string of the molecule is CC1=CC=C(C(C)C)CC1.CC1=CC=C(C(C)C)CC1.CC1=CCC(C(C)C)=CC1.CC1=CCC(C(C)C)=CC1.Cc1ccc(C(C)C)cc1.Cc1ccc(C(C)C)cc1.[CH3-].[CH3-].[CH3-].[CH3-].[CH3-].[CH3-].[Ru+2].[Ru+4]. The van der Waals surface area contributed by atoms with E-state index in [2.05, 4.69) is 222 Å². The molecule has 0 nitrogen and oxygen atoms in total. The molecule has 6 rings (SSSR count). The third-order valence-corrected chi connectivity index (χ3v) is 12.0. The molecule has 0 atom stereocenters. The Kier molecular flexibility index (Phi) is 55.5.